The van der Waals surface area contributed by atoms with Gasteiger partial charge in [-0.2, -0.15) is 0 Å². The third kappa shape index (κ3) is 10.9. The number of benzene rings is 1. The second-order valence-corrected chi connectivity index (χ2v) is 6.35. The highest BCUT2D eigenvalue weighted by molar-refractivity contribution is 6.30. The Kier molecular flexibility index (Phi) is 12.2. The van der Waals surface area contributed by atoms with Gasteiger partial charge in [-0.25, -0.2) is 0 Å². The fourth-order valence-electron chi connectivity index (χ4n) is 2.53. The molecule has 0 atom stereocenters. The highest BCUT2D eigenvalue weighted by atomic mass is 35.5. The molecule has 126 valence electrons. The van der Waals surface area contributed by atoms with Crippen LogP contribution in [0.4, 0.5) is 0 Å². The Morgan fingerprint density at radius 3 is 1.64 bits per heavy atom. The van der Waals surface area contributed by atoms with E-state index in [0.717, 1.165) is 30.2 Å². The number of rotatable bonds is 14. The maximum absolute atomic E-state index is 8.69. The van der Waals surface area contributed by atoms with E-state index in [9.17, 15) is 0 Å². The molecule has 3 heteroatoms. The fourth-order valence-corrected chi connectivity index (χ4v) is 2.65. The average molecular weight is 327 g/mol. The van der Waals surface area contributed by atoms with Gasteiger partial charge in [-0.1, -0.05) is 69.4 Å². The molecule has 1 rings (SSSR count). The summed E-state index contributed by atoms with van der Waals surface area (Å²) < 4.78 is 5.68. The second-order valence-electron chi connectivity index (χ2n) is 5.92. The molecule has 0 heterocycles. The number of unbranched alkanes of at least 4 members (excludes halogenated alkanes) is 10. The van der Waals surface area contributed by atoms with Crippen molar-refractivity contribution in [2.24, 2.45) is 0 Å². The van der Waals surface area contributed by atoms with Gasteiger partial charge in [-0.05, 0) is 37.1 Å². The van der Waals surface area contributed by atoms with Gasteiger partial charge in [0.2, 0.25) is 0 Å². The van der Waals surface area contributed by atoms with Gasteiger partial charge in [-0.15, -0.1) is 0 Å². The maximum Gasteiger partial charge on any atom is 0.119 e. The minimum absolute atomic E-state index is 0.349. The summed E-state index contributed by atoms with van der Waals surface area (Å²) in [6, 6.07) is 7.56. The minimum atomic E-state index is 0.349. The van der Waals surface area contributed by atoms with E-state index < -0.39 is 0 Å². The van der Waals surface area contributed by atoms with Gasteiger partial charge < -0.3 is 9.84 Å². The molecule has 1 aromatic carbocycles. The summed E-state index contributed by atoms with van der Waals surface area (Å²) in [5.74, 6) is 0.908. The largest absolute Gasteiger partial charge is 0.494 e. The van der Waals surface area contributed by atoms with Gasteiger partial charge in [0.05, 0.1) is 6.61 Å². The van der Waals surface area contributed by atoms with Crippen molar-refractivity contribution >= 4 is 11.6 Å². The predicted octanol–water partition coefficient (Wildman–Crippen LogP) is 6.00. The van der Waals surface area contributed by atoms with E-state index in [1.165, 1.54) is 57.8 Å². The average Bonchev–Trinajstić information content (AvgIpc) is 2.53. The maximum atomic E-state index is 8.69. The summed E-state index contributed by atoms with van der Waals surface area (Å²) in [7, 11) is 0. The zero-order chi connectivity index (χ0) is 15.9. The van der Waals surface area contributed by atoms with Crippen LogP contribution in [-0.4, -0.2) is 18.3 Å². The molecule has 0 saturated heterocycles. The summed E-state index contributed by atoms with van der Waals surface area (Å²) in [4.78, 5) is 0. The molecular weight excluding hydrogens is 296 g/mol. The Morgan fingerprint density at radius 2 is 1.14 bits per heavy atom. The van der Waals surface area contributed by atoms with Gasteiger partial charge in [0, 0.05) is 11.6 Å². The monoisotopic (exact) mass is 326 g/mol. The van der Waals surface area contributed by atoms with Crippen LogP contribution >= 0.6 is 11.6 Å². The first-order valence-electron chi connectivity index (χ1n) is 8.82. The van der Waals surface area contributed by atoms with Crippen LogP contribution in [0.2, 0.25) is 5.02 Å². The molecule has 0 aliphatic carbocycles. The lowest BCUT2D eigenvalue weighted by Gasteiger charge is -2.06. The van der Waals surface area contributed by atoms with E-state index in [2.05, 4.69) is 0 Å². The molecule has 1 N–H and O–H groups in total. The molecular formula is C19H31ClO2. The van der Waals surface area contributed by atoms with Crippen LogP contribution in [0.3, 0.4) is 0 Å². The highest BCUT2D eigenvalue weighted by Gasteiger charge is 1.95. The Balaban J connectivity index is 1.79. The molecule has 0 radical (unpaired) electrons. The smallest absolute Gasteiger partial charge is 0.119 e. The number of hydrogen-bond acceptors (Lipinski definition) is 2. The van der Waals surface area contributed by atoms with Crippen LogP contribution < -0.4 is 4.74 Å². The molecule has 2 nitrogen and oxygen atoms in total. The van der Waals surface area contributed by atoms with Crippen molar-refractivity contribution in [3.8, 4) is 5.75 Å². The Hall–Kier alpha value is -0.730. The van der Waals surface area contributed by atoms with Crippen molar-refractivity contribution in [2.45, 2.75) is 70.6 Å². The lowest BCUT2D eigenvalue weighted by Crippen LogP contribution is -1.96. The topological polar surface area (TPSA) is 29.5 Å². The number of aliphatic hydroxyl groups excluding tert-OH is 1. The number of hydrogen-bond donors (Lipinski definition) is 1. The molecule has 0 aliphatic rings. The lowest BCUT2D eigenvalue weighted by atomic mass is 10.1. The van der Waals surface area contributed by atoms with Crippen LogP contribution in [0.5, 0.6) is 5.75 Å². The highest BCUT2D eigenvalue weighted by Crippen LogP contribution is 2.16. The third-order valence-corrected chi connectivity index (χ3v) is 4.14. The van der Waals surface area contributed by atoms with Crippen LogP contribution in [-0.2, 0) is 0 Å². The van der Waals surface area contributed by atoms with E-state index in [1.807, 2.05) is 24.3 Å². The molecule has 0 saturated carbocycles. The Labute approximate surface area is 140 Å². The van der Waals surface area contributed by atoms with Gasteiger partial charge in [0.15, 0.2) is 0 Å². The Bertz CT molecular complexity index is 351. The van der Waals surface area contributed by atoms with Gasteiger partial charge >= 0.3 is 0 Å². The minimum Gasteiger partial charge on any atom is -0.494 e. The van der Waals surface area contributed by atoms with E-state index in [4.69, 9.17) is 21.4 Å². The number of halogens is 1. The summed E-state index contributed by atoms with van der Waals surface area (Å²) in [5, 5.41) is 9.44. The van der Waals surface area contributed by atoms with Crippen molar-refractivity contribution in [1.29, 1.82) is 0 Å². The van der Waals surface area contributed by atoms with E-state index in [0.29, 0.717) is 6.61 Å². The van der Waals surface area contributed by atoms with Crippen LogP contribution in [0.25, 0.3) is 0 Å². The van der Waals surface area contributed by atoms with Crippen LogP contribution in [0, 0.1) is 0 Å². The molecule has 22 heavy (non-hydrogen) atoms. The number of ether oxygens (including phenoxy) is 1. The van der Waals surface area contributed by atoms with Crippen molar-refractivity contribution in [2.75, 3.05) is 13.2 Å². The first-order chi connectivity index (χ1) is 10.8. The molecule has 0 aliphatic heterocycles. The summed E-state index contributed by atoms with van der Waals surface area (Å²) in [6.45, 7) is 1.15. The van der Waals surface area contributed by atoms with Gasteiger partial charge in [0.25, 0.3) is 0 Å². The molecule has 0 fully saturated rings. The van der Waals surface area contributed by atoms with E-state index in [-0.39, 0.29) is 0 Å². The fraction of sp³-hybridized carbons (Fsp3) is 0.684. The number of aliphatic hydroxyl groups is 1. The zero-order valence-electron chi connectivity index (χ0n) is 13.7. The quantitative estimate of drug-likeness (QED) is 0.425. The second kappa shape index (κ2) is 13.9. The zero-order valence-corrected chi connectivity index (χ0v) is 14.5. The van der Waals surface area contributed by atoms with Gasteiger partial charge in [0.1, 0.15) is 5.75 Å². The summed E-state index contributed by atoms with van der Waals surface area (Å²) in [5.41, 5.74) is 0. The predicted molar refractivity (Wildman–Crippen MR) is 94.8 cm³/mol. The van der Waals surface area contributed by atoms with E-state index in [1.54, 1.807) is 0 Å². The molecule has 0 amide bonds. The molecule has 0 aromatic heterocycles. The molecule has 0 spiro atoms. The van der Waals surface area contributed by atoms with Gasteiger partial charge in [-0.3, -0.25) is 0 Å². The normalized spacial score (nSPS) is 10.8. The first-order valence-corrected chi connectivity index (χ1v) is 9.20. The first kappa shape index (κ1) is 19.3. The third-order valence-electron chi connectivity index (χ3n) is 3.88. The summed E-state index contributed by atoms with van der Waals surface area (Å²) in [6.07, 6.45) is 13.9. The standard InChI is InChI=1S/C19H31ClO2/c20-18-12-14-19(15-13-18)22-17-11-9-7-5-3-1-2-4-6-8-10-16-21/h12-15,21H,1-11,16-17H2. The SMILES string of the molecule is OCCCCCCCCCCCCCOc1ccc(Cl)cc1. The van der Waals surface area contributed by atoms with Crippen molar-refractivity contribution in [3.63, 3.8) is 0 Å². The van der Waals surface area contributed by atoms with E-state index >= 15 is 0 Å². The Morgan fingerprint density at radius 1 is 0.682 bits per heavy atom. The molecule has 0 bridgehead atoms. The van der Waals surface area contributed by atoms with Crippen LogP contribution in [0.15, 0.2) is 24.3 Å². The van der Waals surface area contributed by atoms with Crippen molar-refractivity contribution < 1.29 is 9.84 Å². The molecule has 0 unspecified atom stereocenters. The van der Waals surface area contributed by atoms with Crippen molar-refractivity contribution in [1.82, 2.24) is 0 Å². The lowest BCUT2D eigenvalue weighted by molar-refractivity contribution is 0.282. The molecule has 1 aromatic rings. The van der Waals surface area contributed by atoms with Crippen LogP contribution in [0.1, 0.15) is 70.6 Å². The van der Waals surface area contributed by atoms with Crippen molar-refractivity contribution in [3.05, 3.63) is 29.3 Å². The summed E-state index contributed by atoms with van der Waals surface area (Å²) >= 11 is 5.83.